The Labute approximate surface area is 114 Å². The van der Waals surface area contributed by atoms with E-state index >= 15 is 0 Å². The Balaban J connectivity index is 2.23. The standard InChI is InChI=1S/C16H20N2O/c1-11-5-6-15(12(2)7-11)19-16-13(3)8-14(9-17-4)10-18-16/h5-8,10,17H,9H2,1-4H3. The molecule has 0 spiro atoms. The molecule has 0 saturated heterocycles. The van der Waals surface area contributed by atoms with Gasteiger partial charge in [-0.1, -0.05) is 17.7 Å². The molecule has 0 aliphatic heterocycles. The van der Waals surface area contributed by atoms with E-state index in [0.717, 1.165) is 29.0 Å². The molecule has 0 amide bonds. The summed E-state index contributed by atoms with van der Waals surface area (Å²) in [4.78, 5) is 4.39. The van der Waals surface area contributed by atoms with Gasteiger partial charge >= 0.3 is 0 Å². The lowest BCUT2D eigenvalue weighted by Gasteiger charge is -2.11. The minimum Gasteiger partial charge on any atom is -0.438 e. The second-order valence-electron chi connectivity index (χ2n) is 4.87. The molecule has 0 unspecified atom stereocenters. The summed E-state index contributed by atoms with van der Waals surface area (Å²) in [5.41, 5.74) is 4.57. The largest absolute Gasteiger partial charge is 0.438 e. The van der Waals surface area contributed by atoms with Crippen LogP contribution >= 0.6 is 0 Å². The summed E-state index contributed by atoms with van der Waals surface area (Å²) in [7, 11) is 1.93. The fourth-order valence-electron chi connectivity index (χ4n) is 2.05. The van der Waals surface area contributed by atoms with Crippen LogP contribution in [0.2, 0.25) is 0 Å². The van der Waals surface area contributed by atoms with E-state index in [2.05, 4.69) is 29.4 Å². The van der Waals surface area contributed by atoms with Gasteiger partial charge in [-0.3, -0.25) is 0 Å². The monoisotopic (exact) mass is 256 g/mol. The minimum atomic E-state index is 0.673. The highest BCUT2D eigenvalue weighted by Crippen LogP contribution is 2.26. The van der Waals surface area contributed by atoms with Gasteiger partial charge in [0.2, 0.25) is 5.88 Å². The molecule has 1 aromatic carbocycles. The fourth-order valence-corrected chi connectivity index (χ4v) is 2.05. The Kier molecular flexibility index (Phi) is 4.17. The first-order valence-electron chi connectivity index (χ1n) is 6.45. The summed E-state index contributed by atoms with van der Waals surface area (Å²) in [6.45, 7) is 6.96. The smallest absolute Gasteiger partial charge is 0.222 e. The van der Waals surface area contributed by atoms with E-state index in [4.69, 9.17) is 4.74 Å². The van der Waals surface area contributed by atoms with Crippen LogP contribution in [-0.4, -0.2) is 12.0 Å². The fraction of sp³-hybridized carbons (Fsp3) is 0.312. The van der Waals surface area contributed by atoms with Crippen molar-refractivity contribution in [2.75, 3.05) is 7.05 Å². The van der Waals surface area contributed by atoms with Crippen molar-refractivity contribution >= 4 is 0 Å². The quantitative estimate of drug-likeness (QED) is 0.908. The highest BCUT2D eigenvalue weighted by molar-refractivity contribution is 5.40. The van der Waals surface area contributed by atoms with Crippen molar-refractivity contribution < 1.29 is 4.74 Å². The lowest BCUT2D eigenvalue weighted by atomic mass is 10.1. The normalized spacial score (nSPS) is 10.5. The van der Waals surface area contributed by atoms with Crippen molar-refractivity contribution in [1.82, 2.24) is 10.3 Å². The topological polar surface area (TPSA) is 34.2 Å². The molecule has 0 fully saturated rings. The van der Waals surface area contributed by atoms with Crippen LogP contribution in [0.25, 0.3) is 0 Å². The molecule has 0 aliphatic rings. The van der Waals surface area contributed by atoms with Gasteiger partial charge < -0.3 is 10.1 Å². The molecule has 3 heteroatoms. The lowest BCUT2D eigenvalue weighted by Crippen LogP contribution is -2.06. The molecule has 0 bridgehead atoms. The zero-order chi connectivity index (χ0) is 13.8. The van der Waals surface area contributed by atoms with Gasteiger partial charge in [0.05, 0.1) is 0 Å². The van der Waals surface area contributed by atoms with Crippen molar-refractivity contribution in [1.29, 1.82) is 0 Å². The van der Waals surface area contributed by atoms with Gasteiger partial charge in [-0.2, -0.15) is 0 Å². The second-order valence-corrected chi connectivity index (χ2v) is 4.87. The van der Waals surface area contributed by atoms with Crippen molar-refractivity contribution in [3.05, 3.63) is 52.7 Å². The maximum atomic E-state index is 5.90. The summed E-state index contributed by atoms with van der Waals surface area (Å²) in [6, 6.07) is 8.25. The number of aromatic nitrogens is 1. The van der Waals surface area contributed by atoms with Gasteiger partial charge in [-0.15, -0.1) is 0 Å². The SMILES string of the molecule is CNCc1cnc(Oc2ccc(C)cc2C)c(C)c1. The molecule has 0 saturated carbocycles. The third-order valence-corrected chi connectivity index (χ3v) is 3.00. The maximum absolute atomic E-state index is 5.90. The molecule has 0 atom stereocenters. The van der Waals surface area contributed by atoms with E-state index in [0.29, 0.717) is 5.88 Å². The van der Waals surface area contributed by atoms with E-state index in [1.54, 1.807) is 0 Å². The zero-order valence-corrected chi connectivity index (χ0v) is 11.9. The van der Waals surface area contributed by atoms with Crippen LogP contribution in [0.5, 0.6) is 11.6 Å². The Morgan fingerprint density at radius 2 is 1.89 bits per heavy atom. The Morgan fingerprint density at radius 1 is 1.11 bits per heavy atom. The van der Waals surface area contributed by atoms with E-state index in [9.17, 15) is 0 Å². The molecule has 1 N–H and O–H groups in total. The minimum absolute atomic E-state index is 0.673. The van der Waals surface area contributed by atoms with Crippen molar-refractivity contribution in [3.63, 3.8) is 0 Å². The first-order chi connectivity index (χ1) is 9.10. The number of benzene rings is 1. The summed E-state index contributed by atoms with van der Waals surface area (Å²) < 4.78 is 5.90. The van der Waals surface area contributed by atoms with Crippen molar-refractivity contribution in [3.8, 4) is 11.6 Å². The number of nitrogens with one attached hydrogen (secondary N) is 1. The predicted molar refractivity (Wildman–Crippen MR) is 77.7 cm³/mol. The summed E-state index contributed by atoms with van der Waals surface area (Å²) in [6.07, 6.45) is 1.85. The molecule has 19 heavy (non-hydrogen) atoms. The molecule has 1 heterocycles. The van der Waals surface area contributed by atoms with E-state index in [1.165, 1.54) is 5.56 Å². The molecule has 0 aliphatic carbocycles. The second kappa shape index (κ2) is 5.85. The lowest BCUT2D eigenvalue weighted by molar-refractivity contribution is 0.455. The van der Waals surface area contributed by atoms with Gasteiger partial charge in [0.25, 0.3) is 0 Å². The van der Waals surface area contributed by atoms with Crippen LogP contribution in [0.3, 0.4) is 0 Å². The van der Waals surface area contributed by atoms with E-state index in [1.807, 2.05) is 39.2 Å². The first-order valence-corrected chi connectivity index (χ1v) is 6.45. The van der Waals surface area contributed by atoms with E-state index < -0.39 is 0 Å². The molecular weight excluding hydrogens is 236 g/mol. The molecule has 2 rings (SSSR count). The number of hydrogen-bond acceptors (Lipinski definition) is 3. The van der Waals surface area contributed by atoms with Gasteiger partial charge in [0.15, 0.2) is 0 Å². The highest BCUT2D eigenvalue weighted by atomic mass is 16.5. The molecule has 100 valence electrons. The molecule has 2 aromatic rings. The van der Waals surface area contributed by atoms with Crippen molar-refractivity contribution in [2.24, 2.45) is 0 Å². The average Bonchev–Trinajstić information content (AvgIpc) is 2.36. The van der Waals surface area contributed by atoms with Gasteiger partial charge in [-0.25, -0.2) is 4.98 Å². The summed E-state index contributed by atoms with van der Waals surface area (Å²) >= 11 is 0. The average molecular weight is 256 g/mol. The van der Waals surface area contributed by atoms with E-state index in [-0.39, 0.29) is 0 Å². The van der Waals surface area contributed by atoms with Crippen LogP contribution in [-0.2, 0) is 6.54 Å². The third kappa shape index (κ3) is 3.32. The number of hydrogen-bond donors (Lipinski definition) is 1. The Bertz CT molecular complexity index is 579. The summed E-state index contributed by atoms with van der Waals surface area (Å²) in [5.74, 6) is 1.54. The molecule has 0 radical (unpaired) electrons. The van der Waals surface area contributed by atoms with Gasteiger partial charge in [0, 0.05) is 18.3 Å². The molecule has 3 nitrogen and oxygen atoms in total. The summed E-state index contributed by atoms with van der Waals surface area (Å²) in [5, 5.41) is 3.11. The predicted octanol–water partition coefficient (Wildman–Crippen LogP) is 3.52. The Morgan fingerprint density at radius 3 is 2.53 bits per heavy atom. The van der Waals surface area contributed by atoms with Crippen molar-refractivity contribution in [2.45, 2.75) is 27.3 Å². The zero-order valence-electron chi connectivity index (χ0n) is 11.9. The molecular formula is C16H20N2O. The number of pyridine rings is 1. The van der Waals surface area contributed by atoms with Crippen LogP contribution in [0, 0.1) is 20.8 Å². The number of aryl methyl sites for hydroxylation is 3. The van der Waals surface area contributed by atoms with Crippen LogP contribution in [0.15, 0.2) is 30.5 Å². The number of rotatable bonds is 4. The van der Waals surface area contributed by atoms with Gasteiger partial charge in [0.1, 0.15) is 5.75 Å². The van der Waals surface area contributed by atoms with Gasteiger partial charge in [-0.05, 0) is 51.1 Å². The Hall–Kier alpha value is -1.87. The van der Waals surface area contributed by atoms with Crippen LogP contribution < -0.4 is 10.1 Å². The maximum Gasteiger partial charge on any atom is 0.222 e. The van der Waals surface area contributed by atoms with Crippen LogP contribution in [0.1, 0.15) is 22.3 Å². The molecule has 1 aromatic heterocycles. The van der Waals surface area contributed by atoms with Crippen LogP contribution in [0.4, 0.5) is 0 Å². The first kappa shape index (κ1) is 13.6. The number of nitrogens with zero attached hydrogens (tertiary/aromatic N) is 1. The number of ether oxygens (including phenoxy) is 1. The third-order valence-electron chi connectivity index (χ3n) is 3.00. The highest BCUT2D eigenvalue weighted by Gasteiger charge is 2.06.